The van der Waals surface area contributed by atoms with Crippen molar-refractivity contribution in [1.82, 2.24) is 4.98 Å². The third-order valence-corrected chi connectivity index (χ3v) is 5.96. The van der Waals surface area contributed by atoms with E-state index in [0.717, 1.165) is 5.56 Å². The molecule has 5 heteroatoms. The number of benzene rings is 1. The highest BCUT2D eigenvalue weighted by Crippen LogP contribution is 2.59. The van der Waals surface area contributed by atoms with E-state index in [4.69, 9.17) is 14.2 Å². The van der Waals surface area contributed by atoms with Crippen LogP contribution < -0.4 is 10.2 Å². The Hall–Kier alpha value is -2.11. The summed E-state index contributed by atoms with van der Waals surface area (Å²) in [5, 5.41) is 0. The summed E-state index contributed by atoms with van der Waals surface area (Å²) in [6.45, 7) is 6.00. The molecule has 0 unspecified atom stereocenters. The van der Waals surface area contributed by atoms with Gasteiger partial charge in [-0.1, -0.05) is 30.3 Å². The van der Waals surface area contributed by atoms with Crippen molar-refractivity contribution in [2.75, 3.05) is 0 Å². The SMILES string of the molecule is C[C@@H]1O[C@H]2O[C@@]1(C)[C@@H]1Oc3[nH]cc(-c4ccccc4)c(=O)c3[C@]21C. The number of aromatic amines is 1. The maximum Gasteiger partial charge on any atom is 0.199 e. The van der Waals surface area contributed by atoms with E-state index in [-0.39, 0.29) is 17.6 Å². The molecule has 2 fully saturated rings. The van der Waals surface area contributed by atoms with Crippen LogP contribution in [-0.2, 0) is 14.9 Å². The Morgan fingerprint density at radius 2 is 1.92 bits per heavy atom. The number of hydrogen-bond donors (Lipinski definition) is 1. The van der Waals surface area contributed by atoms with E-state index in [9.17, 15) is 4.79 Å². The lowest BCUT2D eigenvalue weighted by Crippen LogP contribution is -2.57. The fraction of sp³-hybridized carbons (Fsp3) is 0.421. The Bertz CT molecular complexity index is 892. The van der Waals surface area contributed by atoms with Gasteiger partial charge in [-0.05, 0) is 26.3 Å². The summed E-state index contributed by atoms with van der Waals surface area (Å²) in [6.07, 6.45) is 0.967. The molecule has 2 bridgehead atoms. The Kier molecular flexibility index (Phi) is 2.55. The molecule has 0 radical (unpaired) electrons. The second kappa shape index (κ2) is 4.29. The average Bonchev–Trinajstić information content (AvgIpc) is 3.12. The molecule has 0 amide bonds. The summed E-state index contributed by atoms with van der Waals surface area (Å²) < 4.78 is 18.2. The molecule has 124 valence electrons. The average molecular weight is 325 g/mol. The summed E-state index contributed by atoms with van der Waals surface area (Å²) in [4.78, 5) is 16.4. The monoisotopic (exact) mass is 325 g/mol. The number of rotatable bonds is 1. The maximum absolute atomic E-state index is 13.3. The predicted molar refractivity (Wildman–Crippen MR) is 88.1 cm³/mol. The van der Waals surface area contributed by atoms with Gasteiger partial charge < -0.3 is 19.2 Å². The van der Waals surface area contributed by atoms with Gasteiger partial charge in [0, 0.05) is 11.8 Å². The molecule has 4 heterocycles. The van der Waals surface area contributed by atoms with Crippen LogP contribution in [0.25, 0.3) is 11.1 Å². The van der Waals surface area contributed by atoms with E-state index in [1.807, 2.05) is 51.1 Å². The molecule has 1 aromatic carbocycles. The standard InChI is InChI=1S/C19H19NO4/c1-10-19(3)16-18(2,17(22-10)24-19)13-14(21)12(9-20-15(13)23-16)11-7-5-4-6-8-11/h4-10,16-17H,1-3H3,(H,20,21)/t10-,16+,17-,18-,19+/m0/s1. The van der Waals surface area contributed by atoms with Gasteiger partial charge in [0.25, 0.3) is 0 Å². The van der Waals surface area contributed by atoms with E-state index in [1.54, 1.807) is 6.20 Å². The Morgan fingerprint density at radius 3 is 2.67 bits per heavy atom. The van der Waals surface area contributed by atoms with Crippen LogP contribution in [0.1, 0.15) is 26.3 Å². The summed E-state index contributed by atoms with van der Waals surface area (Å²) in [5.41, 5.74) is 0.991. The number of aromatic nitrogens is 1. The van der Waals surface area contributed by atoms with Crippen LogP contribution in [0.3, 0.4) is 0 Å². The molecule has 5 atom stereocenters. The van der Waals surface area contributed by atoms with E-state index >= 15 is 0 Å². The zero-order valence-electron chi connectivity index (χ0n) is 13.8. The first-order chi connectivity index (χ1) is 11.5. The van der Waals surface area contributed by atoms with Gasteiger partial charge in [-0.15, -0.1) is 0 Å². The fourth-order valence-electron chi connectivity index (χ4n) is 4.47. The number of hydrogen-bond acceptors (Lipinski definition) is 4. The molecule has 3 aliphatic heterocycles. The highest BCUT2D eigenvalue weighted by atomic mass is 16.8. The topological polar surface area (TPSA) is 60.6 Å². The summed E-state index contributed by atoms with van der Waals surface area (Å²) in [6, 6.07) is 9.66. The molecule has 5 nitrogen and oxygen atoms in total. The van der Waals surface area contributed by atoms with Crippen molar-refractivity contribution in [2.24, 2.45) is 0 Å². The third-order valence-electron chi connectivity index (χ3n) is 5.96. The molecule has 1 N–H and O–H groups in total. The van der Waals surface area contributed by atoms with Gasteiger partial charge >= 0.3 is 0 Å². The normalized spacial score (nSPS) is 38.7. The van der Waals surface area contributed by atoms with E-state index in [1.165, 1.54) is 0 Å². The van der Waals surface area contributed by atoms with Gasteiger partial charge in [-0.25, -0.2) is 0 Å². The number of nitrogens with one attached hydrogen (secondary N) is 1. The van der Waals surface area contributed by atoms with Gasteiger partial charge in [0.1, 0.15) is 11.7 Å². The van der Waals surface area contributed by atoms with Gasteiger partial charge in [0.2, 0.25) is 0 Å². The minimum Gasteiger partial charge on any atom is -0.471 e. The first-order valence-electron chi connectivity index (χ1n) is 8.28. The molecule has 1 aromatic heterocycles. The van der Waals surface area contributed by atoms with Crippen molar-refractivity contribution in [2.45, 2.75) is 50.3 Å². The molecule has 0 spiro atoms. The van der Waals surface area contributed by atoms with Crippen molar-refractivity contribution < 1.29 is 14.2 Å². The maximum atomic E-state index is 13.3. The van der Waals surface area contributed by atoms with Crippen LogP contribution in [0.15, 0.2) is 41.3 Å². The lowest BCUT2D eigenvalue weighted by atomic mass is 9.72. The van der Waals surface area contributed by atoms with Gasteiger partial charge in [0.15, 0.2) is 17.6 Å². The van der Waals surface area contributed by atoms with Crippen LogP contribution in [0.2, 0.25) is 0 Å². The molecule has 0 saturated carbocycles. The smallest absolute Gasteiger partial charge is 0.199 e. The predicted octanol–water partition coefficient (Wildman–Crippen LogP) is 2.59. The molecule has 5 rings (SSSR count). The molecule has 2 saturated heterocycles. The molecule has 2 aromatic rings. The number of pyridine rings is 1. The fourth-order valence-corrected chi connectivity index (χ4v) is 4.47. The molecule has 3 aliphatic rings. The molecular weight excluding hydrogens is 306 g/mol. The van der Waals surface area contributed by atoms with Crippen LogP contribution in [-0.4, -0.2) is 29.1 Å². The number of fused-ring (bicyclic) bond motifs is 7. The highest BCUT2D eigenvalue weighted by Gasteiger charge is 2.73. The number of ether oxygens (including phenoxy) is 3. The van der Waals surface area contributed by atoms with Crippen LogP contribution in [0, 0.1) is 0 Å². The Labute approximate surface area is 139 Å². The largest absolute Gasteiger partial charge is 0.471 e. The van der Waals surface area contributed by atoms with Crippen LogP contribution in [0.4, 0.5) is 0 Å². The zero-order chi connectivity index (χ0) is 16.7. The number of H-pyrrole nitrogens is 1. The van der Waals surface area contributed by atoms with E-state index in [2.05, 4.69) is 4.98 Å². The van der Waals surface area contributed by atoms with E-state index < -0.39 is 17.3 Å². The zero-order valence-corrected chi connectivity index (χ0v) is 13.8. The first kappa shape index (κ1) is 14.3. The van der Waals surface area contributed by atoms with Crippen molar-refractivity contribution in [3.8, 4) is 17.0 Å². The Morgan fingerprint density at radius 1 is 1.17 bits per heavy atom. The van der Waals surface area contributed by atoms with Gasteiger partial charge in [-0.2, -0.15) is 0 Å². The van der Waals surface area contributed by atoms with Crippen molar-refractivity contribution in [1.29, 1.82) is 0 Å². The van der Waals surface area contributed by atoms with Gasteiger partial charge in [-0.3, -0.25) is 4.79 Å². The van der Waals surface area contributed by atoms with Crippen LogP contribution in [0.5, 0.6) is 5.88 Å². The van der Waals surface area contributed by atoms with Crippen molar-refractivity contribution >= 4 is 0 Å². The first-order valence-corrected chi connectivity index (χ1v) is 8.28. The molecule has 24 heavy (non-hydrogen) atoms. The van der Waals surface area contributed by atoms with Crippen molar-refractivity contribution in [3.05, 3.63) is 52.3 Å². The van der Waals surface area contributed by atoms with Gasteiger partial charge in [0.05, 0.1) is 17.1 Å². The Balaban J connectivity index is 1.72. The lowest BCUT2D eigenvalue weighted by molar-refractivity contribution is -0.0924. The summed E-state index contributed by atoms with van der Waals surface area (Å²) in [5.74, 6) is 0.546. The minimum absolute atomic E-state index is 0.0176. The summed E-state index contributed by atoms with van der Waals surface area (Å²) >= 11 is 0. The molecular formula is C19H19NO4. The third kappa shape index (κ3) is 1.45. The second-order valence-corrected chi connectivity index (χ2v) is 7.29. The summed E-state index contributed by atoms with van der Waals surface area (Å²) in [7, 11) is 0. The highest BCUT2D eigenvalue weighted by molar-refractivity contribution is 5.65. The van der Waals surface area contributed by atoms with E-state index in [0.29, 0.717) is 17.0 Å². The lowest BCUT2D eigenvalue weighted by Gasteiger charge is -2.37. The van der Waals surface area contributed by atoms with Crippen LogP contribution >= 0.6 is 0 Å². The van der Waals surface area contributed by atoms with Crippen molar-refractivity contribution in [3.63, 3.8) is 0 Å². The quantitative estimate of drug-likeness (QED) is 0.875. The second-order valence-electron chi connectivity index (χ2n) is 7.29. The molecule has 0 aliphatic carbocycles. The minimum atomic E-state index is -0.602.